The summed E-state index contributed by atoms with van der Waals surface area (Å²) < 4.78 is 32.9. The van der Waals surface area contributed by atoms with Gasteiger partial charge in [0.15, 0.2) is 0 Å². The van der Waals surface area contributed by atoms with Crippen molar-refractivity contribution in [3.8, 4) is 0 Å². The Morgan fingerprint density at radius 2 is 1.93 bits per heavy atom. The number of sulfonamides is 1. The molecule has 2 saturated heterocycles. The number of nitrogens with one attached hydrogen (secondary N) is 1. The maximum Gasteiger partial charge on any atom is 0.293 e. The van der Waals surface area contributed by atoms with Crippen molar-refractivity contribution in [2.24, 2.45) is 0 Å². The second-order valence-electron chi connectivity index (χ2n) is 7.24. The lowest BCUT2D eigenvalue weighted by molar-refractivity contribution is -0.384. The van der Waals surface area contributed by atoms with Crippen molar-refractivity contribution in [3.63, 3.8) is 0 Å². The van der Waals surface area contributed by atoms with Crippen molar-refractivity contribution in [1.82, 2.24) is 4.31 Å². The number of anilines is 1. The van der Waals surface area contributed by atoms with E-state index in [1.807, 2.05) is 6.92 Å². The number of benzene rings is 1. The molecule has 2 aliphatic rings. The number of rotatable bonds is 6. The van der Waals surface area contributed by atoms with Gasteiger partial charge < -0.3 is 10.1 Å². The van der Waals surface area contributed by atoms with Crippen molar-refractivity contribution in [2.75, 3.05) is 25.0 Å². The smallest absolute Gasteiger partial charge is 0.293 e. The largest absolute Gasteiger partial charge is 0.376 e. The maximum absolute atomic E-state index is 12.9. The molecule has 0 amide bonds. The van der Waals surface area contributed by atoms with Gasteiger partial charge in [0.1, 0.15) is 5.69 Å². The summed E-state index contributed by atoms with van der Waals surface area (Å²) in [6.07, 6.45) is 5.55. The van der Waals surface area contributed by atoms with Crippen molar-refractivity contribution < 1.29 is 18.1 Å². The van der Waals surface area contributed by atoms with Crippen LogP contribution in [0.2, 0.25) is 0 Å². The second kappa shape index (κ2) is 8.53. The Balaban J connectivity index is 1.85. The molecule has 1 N–H and O–H groups in total. The molecule has 2 fully saturated rings. The first kappa shape index (κ1) is 20.0. The lowest BCUT2D eigenvalue weighted by Crippen LogP contribution is -2.32. The van der Waals surface area contributed by atoms with E-state index in [2.05, 4.69) is 5.32 Å². The van der Waals surface area contributed by atoms with Gasteiger partial charge in [-0.25, -0.2) is 8.42 Å². The third-order valence-corrected chi connectivity index (χ3v) is 7.17. The molecule has 2 atom stereocenters. The summed E-state index contributed by atoms with van der Waals surface area (Å²) in [5.74, 6) is 0. The van der Waals surface area contributed by atoms with Crippen LogP contribution in [0, 0.1) is 10.1 Å². The van der Waals surface area contributed by atoms with E-state index in [-0.39, 0.29) is 22.7 Å². The first-order valence-corrected chi connectivity index (χ1v) is 11.0. The normalized spacial score (nSPS) is 22.9. The van der Waals surface area contributed by atoms with Crippen LogP contribution in [0.1, 0.15) is 45.4 Å². The highest BCUT2D eigenvalue weighted by molar-refractivity contribution is 7.89. The van der Waals surface area contributed by atoms with E-state index < -0.39 is 14.9 Å². The topological polar surface area (TPSA) is 102 Å². The minimum Gasteiger partial charge on any atom is -0.376 e. The Labute approximate surface area is 160 Å². The quantitative estimate of drug-likeness (QED) is 0.584. The van der Waals surface area contributed by atoms with E-state index in [0.29, 0.717) is 25.4 Å². The van der Waals surface area contributed by atoms with E-state index in [9.17, 15) is 18.5 Å². The van der Waals surface area contributed by atoms with Crippen LogP contribution in [0.3, 0.4) is 0 Å². The number of nitro benzene ring substituents is 1. The van der Waals surface area contributed by atoms with E-state index in [1.54, 1.807) is 0 Å². The van der Waals surface area contributed by atoms with E-state index in [0.717, 1.165) is 38.5 Å². The number of nitro groups is 1. The Morgan fingerprint density at radius 1 is 1.22 bits per heavy atom. The zero-order chi connectivity index (χ0) is 19.4. The minimum atomic E-state index is -3.73. The number of hydrogen-bond acceptors (Lipinski definition) is 6. The summed E-state index contributed by atoms with van der Waals surface area (Å²) in [5, 5.41) is 14.7. The summed E-state index contributed by atoms with van der Waals surface area (Å²) in [6, 6.07) is 4.02. The zero-order valence-corrected chi connectivity index (χ0v) is 16.4. The molecular formula is C18H27N3O5S. The fourth-order valence-electron chi connectivity index (χ4n) is 3.71. The van der Waals surface area contributed by atoms with Crippen molar-refractivity contribution in [3.05, 3.63) is 28.3 Å². The van der Waals surface area contributed by atoms with Crippen molar-refractivity contribution in [2.45, 2.75) is 62.5 Å². The van der Waals surface area contributed by atoms with Gasteiger partial charge in [-0.1, -0.05) is 12.8 Å². The van der Waals surface area contributed by atoms with Gasteiger partial charge in [0.25, 0.3) is 5.69 Å². The van der Waals surface area contributed by atoms with Crippen LogP contribution in [0.15, 0.2) is 23.1 Å². The van der Waals surface area contributed by atoms with Crippen LogP contribution >= 0.6 is 0 Å². The van der Waals surface area contributed by atoms with Gasteiger partial charge >= 0.3 is 0 Å². The average Bonchev–Trinajstić information content (AvgIpc) is 3.03. The second-order valence-corrected chi connectivity index (χ2v) is 9.18. The predicted octanol–water partition coefficient (Wildman–Crippen LogP) is 3.14. The van der Waals surface area contributed by atoms with Crippen LogP contribution in [0.25, 0.3) is 0 Å². The molecule has 27 heavy (non-hydrogen) atoms. The summed E-state index contributed by atoms with van der Waals surface area (Å²) >= 11 is 0. The van der Waals surface area contributed by atoms with Crippen LogP contribution in [-0.4, -0.2) is 49.5 Å². The number of hydrogen-bond donors (Lipinski definition) is 1. The standard InChI is InChI=1S/C18H27N3O5S/c1-14(18-7-6-12-26-18)19-16-9-8-15(13-17(16)21(22)23)27(24,25)20-10-4-2-3-5-11-20/h8-9,13-14,18-19H,2-7,10-12H2,1H3/t14-,18-/m0/s1. The Kier molecular flexibility index (Phi) is 6.33. The number of ether oxygens (including phenoxy) is 1. The first-order valence-electron chi connectivity index (χ1n) is 9.56. The summed E-state index contributed by atoms with van der Waals surface area (Å²) in [5.41, 5.74) is 0.0913. The summed E-state index contributed by atoms with van der Waals surface area (Å²) in [4.78, 5) is 11.0. The van der Waals surface area contributed by atoms with Gasteiger partial charge in [0, 0.05) is 31.8 Å². The summed E-state index contributed by atoms with van der Waals surface area (Å²) in [7, 11) is -3.73. The molecule has 0 bridgehead atoms. The van der Waals surface area contributed by atoms with Gasteiger partial charge in [0.2, 0.25) is 10.0 Å². The van der Waals surface area contributed by atoms with E-state index in [4.69, 9.17) is 4.74 Å². The lowest BCUT2D eigenvalue weighted by atomic mass is 10.1. The van der Waals surface area contributed by atoms with Gasteiger partial charge in [-0.05, 0) is 44.7 Å². The minimum absolute atomic E-state index is 0.00473. The average molecular weight is 397 g/mol. The number of nitrogens with zero attached hydrogens (tertiary/aromatic N) is 2. The van der Waals surface area contributed by atoms with Gasteiger partial charge in [-0.15, -0.1) is 0 Å². The van der Waals surface area contributed by atoms with Crippen LogP contribution in [-0.2, 0) is 14.8 Å². The third kappa shape index (κ3) is 4.59. The van der Waals surface area contributed by atoms with E-state index in [1.165, 1.54) is 22.5 Å². The third-order valence-electron chi connectivity index (χ3n) is 5.27. The Morgan fingerprint density at radius 3 is 2.52 bits per heavy atom. The molecular weight excluding hydrogens is 370 g/mol. The highest BCUT2D eigenvalue weighted by Gasteiger charge is 2.29. The fraction of sp³-hybridized carbons (Fsp3) is 0.667. The molecule has 0 unspecified atom stereocenters. The maximum atomic E-state index is 12.9. The van der Waals surface area contributed by atoms with Gasteiger partial charge in [0.05, 0.1) is 15.9 Å². The van der Waals surface area contributed by atoms with Crippen molar-refractivity contribution in [1.29, 1.82) is 0 Å². The summed E-state index contributed by atoms with van der Waals surface area (Å²) in [6.45, 7) is 3.55. The Hall–Kier alpha value is -1.71. The molecule has 0 saturated carbocycles. The molecule has 8 nitrogen and oxygen atoms in total. The highest BCUT2D eigenvalue weighted by Crippen LogP contribution is 2.31. The molecule has 1 aromatic rings. The fourth-order valence-corrected chi connectivity index (χ4v) is 5.25. The predicted molar refractivity (Wildman–Crippen MR) is 102 cm³/mol. The molecule has 150 valence electrons. The molecule has 2 aliphatic heterocycles. The Bertz CT molecular complexity index is 769. The lowest BCUT2D eigenvalue weighted by Gasteiger charge is -2.22. The SMILES string of the molecule is C[C@H](Nc1ccc(S(=O)(=O)N2CCCCCC2)cc1[N+](=O)[O-])[C@@H]1CCCO1. The molecule has 2 heterocycles. The van der Waals surface area contributed by atoms with Crippen molar-refractivity contribution >= 4 is 21.4 Å². The molecule has 0 spiro atoms. The molecule has 0 aliphatic carbocycles. The van der Waals surface area contributed by atoms with Crippen LogP contribution < -0.4 is 5.32 Å². The van der Waals surface area contributed by atoms with Gasteiger partial charge in [-0.3, -0.25) is 10.1 Å². The van der Waals surface area contributed by atoms with Crippen LogP contribution in [0.4, 0.5) is 11.4 Å². The monoisotopic (exact) mass is 397 g/mol. The van der Waals surface area contributed by atoms with Crippen LogP contribution in [0.5, 0.6) is 0 Å². The van der Waals surface area contributed by atoms with Gasteiger partial charge in [-0.2, -0.15) is 4.31 Å². The molecule has 1 aromatic carbocycles. The highest BCUT2D eigenvalue weighted by atomic mass is 32.2. The molecule has 0 aromatic heterocycles. The first-order chi connectivity index (χ1) is 12.9. The molecule has 9 heteroatoms. The van der Waals surface area contributed by atoms with E-state index >= 15 is 0 Å². The zero-order valence-electron chi connectivity index (χ0n) is 15.6. The molecule has 0 radical (unpaired) electrons. The molecule has 3 rings (SSSR count).